The number of hydrogen-bond acceptors (Lipinski definition) is 7. The summed E-state index contributed by atoms with van der Waals surface area (Å²) in [6.07, 6.45) is 3.54. The summed E-state index contributed by atoms with van der Waals surface area (Å²) < 4.78 is 3.60. The van der Waals surface area contributed by atoms with Gasteiger partial charge in [-0.3, -0.25) is 4.79 Å². The monoisotopic (exact) mass is 417 g/mol. The summed E-state index contributed by atoms with van der Waals surface area (Å²) in [6.45, 7) is 2.08. The van der Waals surface area contributed by atoms with Crippen molar-refractivity contribution in [2.45, 2.75) is 21.4 Å². The number of nitrogens with one attached hydrogen (secondary N) is 1. The molecule has 0 fully saturated rings. The summed E-state index contributed by atoms with van der Waals surface area (Å²) in [7, 11) is 1.92. The predicted molar refractivity (Wildman–Crippen MR) is 113 cm³/mol. The fourth-order valence-electron chi connectivity index (χ4n) is 2.08. The van der Waals surface area contributed by atoms with Crippen LogP contribution in [0.15, 0.2) is 56.4 Å². The second-order valence-corrected chi connectivity index (χ2v) is 9.16. The normalized spacial score (nSPS) is 11.2. The van der Waals surface area contributed by atoms with Crippen LogP contribution in [0.2, 0.25) is 0 Å². The Hall–Kier alpha value is -2.10. The summed E-state index contributed by atoms with van der Waals surface area (Å²) in [6, 6.07) is 12.3. The SMILES string of the molecule is Cc1ccc(CSc2nnc(SCC(=O)N/N=C\c3cccn3C)s2)cc1. The van der Waals surface area contributed by atoms with Gasteiger partial charge in [0, 0.05) is 19.0 Å². The number of carbonyl (C=O) groups is 1. The summed E-state index contributed by atoms with van der Waals surface area (Å²) >= 11 is 4.52. The molecule has 3 aromatic rings. The largest absolute Gasteiger partial charge is 0.350 e. The highest BCUT2D eigenvalue weighted by molar-refractivity contribution is 8.03. The Labute approximate surface area is 170 Å². The summed E-state index contributed by atoms with van der Waals surface area (Å²) in [5.41, 5.74) is 5.95. The van der Waals surface area contributed by atoms with Gasteiger partial charge in [-0.15, -0.1) is 10.2 Å². The number of nitrogens with zero attached hydrogens (tertiary/aromatic N) is 4. The fourth-order valence-corrected chi connectivity index (χ4v) is 4.85. The van der Waals surface area contributed by atoms with Crippen LogP contribution in [0.5, 0.6) is 0 Å². The van der Waals surface area contributed by atoms with E-state index < -0.39 is 0 Å². The Balaban J connectivity index is 1.41. The Morgan fingerprint density at radius 2 is 1.96 bits per heavy atom. The van der Waals surface area contributed by atoms with Gasteiger partial charge in [-0.25, -0.2) is 5.43 Å². The first-order chi connectivity index (χ1) is 13.1. The van der Waals surface area contributed by atoms with Gasteiger partial charge in [-0.1, -0.05) is 64.7 Å². The van der Waals surface area contributed by atoms with Crippen molar-refractivity contribution < 1.29 is 4.79 Å². The van der Waals surface area contributed by atoms with Gasteiger partial charge in [-0.05, 0) is 24.6 Å². The van der Waals surface area contributed by atoms with Crippen LogP contribution in [0, 0.1) is 6.92 Å². The van der Waals surface area contributed by atoms with Crippen molar-refractivity contribution >= 4 is 47.0 Å². The third-order valence-corrected chi connectivity index (χ3v) is 6.83. The van der Waals surface area contributed by atoms with Gasteiger partial charge in [0.05, 0.1) is 17.7 Å². The van der Waals surface area contributed by atoms with Gasteiger partial charge in [-0.2, -0.15) is 5.10 Å². The van der Waals surface area contributed by atoms with Crippen LogP contribution in [0.1, 0.15) is 16.8 Å². The molecule has 0 saturated heterocycles. The molecule has 0 aliphatic rings. The molecule has 1 N–H and O–H groups in total. The molecular formula is C18H19N5OS3. The first-order valence-corrected chi connectivity index (χ1v) is 11.0. The van der Waals surface area contributed by atoms with Crippen LogP contribution in [0.3, 0.4) is 0 Å². The molecule has 0 unspecified atom stereocenters. The summed E-state index contributed by atoms with van der Waals surface area (Å²) in [5, 5.41) is 12.3. The Morgan fingerprint density at radius 1 is 1.22 bits per heavy atom. The smallest absolute Gasteiger partial charge is 0.250 e. The van der Waals surface area contributed by atoms with E-state index in [1.165, 1.54) is 34.2 Å². The molecule has 0 aliphatic heterocycles. The molecule has 27 heavy (non-hydrogen) atoms. The molecule has 0 saturated carbocycles. The number of amides is 1. The van der Waals surface area contributed by atoms with E-state index in [1.807, 2.05) is 29.9 Å². The molecule has 6 nitrogen and oxygen atoms in total. The lowest BCUT2D eigenvalue weighted by Crippen LogP contribution is -2.19. The molecule has 2 aromatic heterocycles. The number of hydrazone groups is 1. The lowest BCUT2D eigenvalue weighted by Gasteiger charge is -1.99. The second-order valence-electron chi connectivity index (χ2n) is 5.73. The zero-order valence-electron chi connectivity index (χ0n) is 15.0. The van der Waals surface area contributed by atoms with Crippen molar-refractivity contribution in [2.24, 2.45) is 12.1 Å². The van der Waals surface area contributed by atoms with E-state index in [4.69, 9.17) is 0 Å². The van der Waals surface area contributed by atoms with Gasteiger partial charge >= 0.3 is 0 Å². The van der Waals surface area contributed by atoms with Crippen LogP contribution in [0.4, 0.5) is 0 Å². The molecule has 0 spiro atoms. The van der Waals surface area contributed by atoms with E-state index >= 15 is 0 Å². The number of aryl methyl sites for hydroxylation is 2. The number of benzene rings is 1. The number of hydrogen-bond donors (Lipinski definition) is 1. The minimum absolute atomic E-state index is 0.172. The molecule has 0 radical (unpaired) electrons. The van der Waals surface area contributed by atoms with Crippen molar-refractivity contribution in [1.29, 1.82) is 0 Å². The second kappa shape index (κ2) is 9.72. The number of rotatable bonds is 8. The first kappa shape index (κ1) is 19.7. The third-order valence-electron chi connectivity index (χ3n) is 3.57. The Bertz CT molecular complexity index is 917. The minimum atomic E-state index is -0.172. The lowest BCUT2D eigenvalue weighted by molar-refractivity contribution is -0.118. The highest BCUT2D eigenvalue weighted by Crippen LogP contribution is 2.30. The molecule has 1 aromatic carbocycles. The minimum Gasteiger partial charge on any atom is -0.350 e. The molecule has 3 rings (SSSR count). The summed E-state index contributed by atoms with van der Waals surface area (Å²) in [5.74, 6) is 0.935. The molecule has 2 heterocycles. The van der Waals surface area contributed by atoms with Crippen LogP contribution in [-0.2, 0) is 17.6 Å². The average Bonchev–Trinajstić information content (AvgIpc) is 3.29. The highest BCUT2D eigenvalue weighted by Gasteiger charge is 2.08. The van der Waals surface area contributed by atoms with E-state index in [2.05, 4.69) is 51.9 Å². The molecule has 140 valence electrons. The van der Waals surface area contributed by atoms with Crippen LogP contribution < -0.4 is 5.43 Å². The number of aromatic nitrogens is 3. The predicted octanol–water partition coefficient (Wildman–Crippen LogP) is 3.72. The van der Waals surface area contributed by atoms with Gasteiger partial charge < -0.3 is 4.57 Å². The van der Waals surface area contributed by atoms with Gasteiger partial charge in [0.25, 0.3) is 5.91 Å². The van der Waals surface area contributed by atoms with Gasteiger partial charge in [0.15, 0.2) is 8.68 Å². The topological polar surface area (TPSA) is 72.2 Å². The standard InChI is InChI=1S/C18H19N5OS3/c1-13-5-7-14(8-6-13)11-25-17-21-22-18(27-17)26-12-16(24)20-19-10-15-4-3-9-23(15)2/h3-10H,11-12H2,1-2H3,(H,20,24)/b19-10-. The Kier molecular flexibility index (Phi) is 7.08. The Morgan fingerprint density at radius 3 is 2.67 bits per heavy atom. The number of carbonyl (C=O) groups excluding carboxylic acids is 1. The van der Waals surface area contributed by atoms with Crippen molar-refractivity contribution in [2.75, 3.05) is 5.75 Å². The zero-order valence-corrected chi connectivity index (χ0v) is 17.4. The molecule has 0 atom stereocenters. The highest BCUT2D eigenvalue weighted by atomic mass is 32.2. The maximum Gasteiger partial charge on any atom is 0.250 e. The first-order valence-electron chi connectivity index (χ1n) is 8.18. The lowest BCUT2D eigenvalue weighted by atomic mass is 10.2. The fraction of sp³-hybridized carbons (Fsp3) is 0.222. The zero-order chi connectivity index (χ0) is 19.1. The maximum absolute atomic E-state index is 11.9. The summed E-state index contributed by atoms with van der Waals surface area (Å²) in [4.78, 5) is 11.9. The van der Waals surface area contributed by atoms with Gasteiger partial charge in [0.1, 0.15) is 0 Å². The van der Waals surface area contributed by atoms with Crippen molar-refractivity contribution in [3.05, 3.63) is 59.4 Å². The van der Waals surface area contributed by atoms with Crippen LogP contribution in [-0.4, -0.2) is 32.6 Å². The van der Waals surface area contributed by atoms with Crippen molar-refractivity contribution in [1.82, 2.24) is 20.2 Å². The molecule has 0 aliphatic carbocycles. The van der Waals surface area contributed by atoms with Crippen LogP contribution in [0.25, 0.3) is 0 Å². The third kappa shape index (κ3) is 6.23. The van der Waals surface area contributed by atoms with E-state index in [-0.39, 0.29) is 11.7 Å². The molecule has 0 bridgehead atoms. The van der Waals surface area contributed by atoms with Gasteiger partial charge in [0.2, 0.25) is 0 Å². The number of thioether (sulfide) groups is 2. The molecule has 1 amide bonds. The molecule has 9 heteroatoms. The van der Waals surface area contributed by atoms with E-state index in [0.29, 0.717) is 0 Å². The molecular weight excluding hydrogens is 398 g/mol. The van der Waals surface area contributed by atoms with Crippen LogP contribution >= 0.6 is 34.9 Å². The van der Waals surface area contributed by atoms with E-state index in [0.717, 1.165) is 20.1 Å². The quantitative estimate of drug-likeness (QED) is 0.344. The van der Waals surface area contributed by atoms with E-state index in [1.54, 1.807) is 18.0 Å². The van der Waals surface area contributed by atoms with Crippen molar-refractivity contribution in [3.8, 4) is 0 Å². The van der Waals surface area contributed by atoms with Crippen molar-refractivity contribution in [3.63, 3.8) is 0 Å². The average molecular weight is 418 g/mol. The van der Waals surface area contributed by atoms with E-state index in [9.17, 15) is 4.79 Å². The maximum atomic E-state index is 11.9.